The van der Waals surface area contributed by atoms with Gasteiger partial charge in [-0.2, -0.15) is 8.78 Å². The summed E-state index contributed by atoms with van der Waals surface area (Å²) in [5, 5.41) is 3.07. The number of nitrogens with zero attached hydrogens (tertiary/aromatic N) is 1. The molecule has 0 aliphatic rings. The average Bonchev–Trinajstić information content (AvgIpc) is 3.12. The smallest absolute Gasteiger partial charge is 0.387 e. The lowest BCUT2D eigenvalue weighted by molar-refractivity contribution is -0.119. The Balaban J connectivity index is 1.78. The third kappa shape index (κ3) is 6.08. The summed E-state index contributed by atoms with van der Waals surface area (Å²) in [6.07, 6.45) is 0. The summed E-state index contributed by atoms with van der Waals surface area (Å²) in [6.45, 7) is -1.50. The summed E-state index contributed by atoms with van der Waals surface area (Å²) in [7, 11) is 1.36. The SMILES string of the molecule is COc1cc(C(=O)Nc2nc(-c3ccc(OC(F)F)cc3)c(C)s2)cc(Cl)c1OCC(N)=O. The highest BCUT2D eigenvalue weighted by Crippen LogP contribution is 2.37. The highest BCUT2D eigenvalue weighted by Gasteiger charge is 2.19. The zero-order valence-electron chi connectivity index (χ0n) is 17.4. The van der Waals surface area contributed by atoms with Gasteiger partial charge in [0, 0.05) is 16.0 Å². The van der Waals surface area contributed by atoms with E-state index < -0.39 is 25.0 Å². The van der Waals surface area contributed by atoms with Crippen LogP contribution >= 0.6 is 22.9 Å². The van der Waals surface area contributed by atoms with Crippen LogP contribution in [0.5, 0.6) is 17.2 Å². The third-order valence-corrected chi connectivity index (χ3v) is 5.39. The minimum atomic E-state index is -2.91. The maximum absolute atomic E-state index is 12.8. The van der Waals surface area contributed by atoms with Gasteiger partial charge in [-0.3, -0.25) is 14.9 Å². The molecule has 33 heavy (non-hydrogen) atoms. The van der Waals surface area contributed by atoms with Crippen LogP contribution in [0.1, 0.15) is 15.2 Å². The summed E-state index contributed by atoms with van der Waals surface area (Å²) in [5.41, 5.74) is 6.51. The number of halogens is 3. The Kier molecular flexibility index (Phi) is 7.67. The Labute approximate surface area is 196 Å². The molecule has 3 rings (SSSR count). The molecule has 0 spiro atoms. The molecule has 1 heterocycles. The van der Waals surface area contributed by atoms with Gasteiger partial charge in [0.1, 0.15) is 5.75 Å². The van der Waals surface area contributed by atoms with Crippen molar-refractivity contribution >= 4 is 39.9 Å². The number of rotatable bonds is 9. The highest BCUT2D eigenvalue weighted by molar-refractivity contribution is 7.16. The van der Waals surface area contributed by atoms with E-state index in [0.717, 1.165) is 4.88 Å². The highest BCUT2D eigenvalue weighted by atomic mass is 35.5. The number of benzene rings is 2. The number of hydrogen-bond acceptors (Lipinski definition) is 7. The first-order valence-corrected chi connectivity index (χ1v) is 10.5. The fourth-order valence-corrected chi connectivity index (χ4v) is 3.91. The molecule has 0 atom stereocenters. The zero-order chi connectivity index (χ0) is 24.1. The van der Waals surface area contributed by atoms with Gasteiger partial charge in [-0.25, -0.2) is 4.98 Å². The summed E-state index contributed by atoms with van der Waals surface area (Å²) < 4.78 is 39.4. The van der Waals surface area contributed by atoms with Crippen LogP contribution in [0, 0.1) is 6.92 Å². The van der Waals surface area contributed by atoms with E-state index in [9.17, 15) is 18.4 Å². The van der Waals surface area contributed by atoms with Crippen LogP contribution in [0.4, 0.5) is 13.9 Å². The minimum absolute atomic E-state index is 0.0317. The van der Waals surface area contributed by atoms with Crippen LogP contribution in [-0.4, -0.2) is 37.1 Å². The third-order valence-electron chi connectivity index (χ3n) is 4.22. The number of carbonyl (C=O) groups is 2. The van der Waals surface area contributed by atoms with E-state index in [0.29, 0.717) is 16.4 Å². The number of hydrogen-bond donors (Lipinski definition) is 2. The molecule has 0 unspecified atom stereocenters. The zero-order valence-corrected chi connectivity index (χ0v) is 18.9. The summed E-state index contributed by atoms with van der Waals surface area (Å²) >= 11 is 7.43. The molecule has 174 valence electrons. The topological polar surface area (TPSA) is 113 Å². The minimum Gasteiger partial charge on any atom is -0.493 e. The largest absolute Gasteiger partial charge is 0.493 e. The van der Waals surface area contributed by atoms with Crippen LogP contribution in [-0.2, 0) is 4.79 Å². The van der Waals surface area contributed by atoms with Crippen molar-refractivity contribution in [2.75, 3.05) is 19.0 Å². The average molecular weight is 498 g/mol. The molecule has 8 nitrogen and oxygen atoms in total. The second kappa shape index (κ2) is 10.5. The summed E-state index contributed by atoms with van der Waals surface area (Å²) in [6, 6.07) is 8.78. The Morgan fingerprint density at radius 1 is 1.24 bits per heavy atom. The van der Waals surface area contributed by atoms with Crippen molar-refractivity contribution in [3.05, 3.63) is 51.9 Å². The van der Waals surface area contributed by atoms with Crippen LogP contribution < -0.4 is 25.3 Å². The number of primary amides is 1. The van der Waals surface area contributed by atoms with Gasteiger partial charge < -0.3 is 19.9 Å². The number of alkyl halides is 2. The first-order chi connectivity index (χ1) is 15.7. The number of aryl methyl sites for hydroxylation is 1. The van der Waals surface area contributed by atoms with E-state index in [4.69, 9.17) is 26.8 Å². The van der Waals surface area contributed by atoms with E-state index in [1.54, 1.807) is 12.1 Å². The van der Waals surface area contributed by atoms with Crippen molar-refractivity contribution in [1.29, 1.82) is 0 Å². The van der Waals surface area contributed by atoms with Gasteiger partial charge in [0.05, 0.1) is 17.8 Å². The fraction of sp³-hybridized carbons (Fsp3) is 0.190. The second-order valence-corrected chi connectivity index (χ2v) is 8.14. The number of amides is 2. The molecule has 0 bridgehead atoms. The number of nitrogens with one attached hydrogen (secondary N) is 1. The van der Waals surface area contributed by atoms with E-state index in [1.165, 1.54) is 42.7 Å². The van der Waals surface area contributed by atoms with Crippen molar-refractivity contribution in [1.82, 2.24) is 4.98 Å². The number of thiazole rings is 1. The van der Waals surface area contributed by atoms with Crippen LogP contribution in [0.3, 0.4) is 0 Å². The second-order valence-electron chi connectivity index (χ2n) is 6.53. The predicted molar refractivity (Wildman–Crippen MR) is 120 cm³/mol. The van der Waals surface area contributed by atoms with Crippen LogP contribution in [0.2, 0.25) is 5.02 Å². The normalized spacial score (nSPS) is 10.7. The monoisotopic (exact) mass is 497 g/mol. The molecular weight excluding hydrogens is 480 g/mol. The van der Waals surface area contributed by atoms with Gasteiger partial charge in [-0.05, 0) is 43.3 Å². The lowest BCUT2D eigenvalue weighted by Gasteiger charge is -2.13. The predicted octanol–water partition coefficient (Wildman–Crippen LogP) is 4.50. The lowest BCUT2D eigenvalue weighted by atomic mass is 10.1. The summed E-state index contributed by atoms with van der Waals surface area (Å²) in [5.74, 6) is -0.930. The van der Waals surface area contributed by atoms with Crippen molar-refractivity contribution in [3.8, 4) is 28.5 Å². The van der Waals surface area contributed by atoms with Gasteiger partial charge in [-0.15, -0.1) is 11.3 Å². The molecule has 2 amide bonds. The van der Waals surface area contributed by atoms with E-state index >= 15 is 0 Å². The van der Waals surface area contributed by atoms with Gasteiger partial charge in [0.15, 0.2) is 23.2 Å². The lowest BCUT2D eigenvalue weighted by Crippen LogP contribution is -2.20. The molecule has 0 fully saturated rings. The van der Waals surface area contributed by atoms with E-state index in [1.807, 2.05) is 6.92 Å². The Bertz CT molecular complexity index is 1170. The standard InChI is InChI=1S/C21H18ClF2N3O5S/c1-10-17(11-3-5-13(6-4-11)32-20(23)24)26-21(33-10)27-19(29)12-7-14(22)18(15(8-12)30-2)31-9-16(25)28/h3-8,20H,9H2,1-2H3,(H2,25,28)(H,26,27,29). The van der Waals surface area contributed by atoms with Gasteiger partial charge in [-0.1, -0.05) is 11.6 Å². The molecular formula is C21H18ClF2N3O5S. The van der Waals surface area contributed by atoms with Gasteiger partial charge in [0.2, 0.25) is 0 Å². The van der Waals surface area contributed by atoms with Gasteiger partial charge >= 0.3 is 6.61 Å². The number of anilines is 1. The molecule has 3 aromatic rings. The molecule has 1 aromatic heterocycles. The molecule has 12 heteroatoms. The van der Waals surface area contributed by atoms with Gasteiger partial charge in [0.25, 0.3) is 11.8 Å². The Hall–Kier alpha value is -3.44. The van der Waals surface area contributed by atoms with Crippen LogP contribution in [0.25, 0.3) is 11.3 Å². The van der Waals surface area contributed by atoms with Crippen LogP contribution in [0.15, 0.2) is 36.4 Å². The molecule has 0 saturated carbocycles. The van der Waals surface area contributed by atoms with Crippen molar-refractivity contribution in [2.45, 2.75) is 13.5 Å². The molecule has 2 aromatic carbocycles. The number of carbonyl (C=O) groups excluding carboxylic acids is 2. The maximum Gasteiger partial charge on any atom is 0.387 e. The maximum atomic E-state index is 12.8. The molecule has 0 saturated heterocycles. The van der Waals surface area contributed by atoms with Crippen molar-refractivity contribution in [3.63, 3.8) is 0 Å². The van der Waals surface area contributed by atoms with E-state index in [-0.39, 0.29) is 27.8 Å². The summed E-state index contributed by atoms with van der Waals surface area (Å²) in [4.78, 5) is 28.9. The number of nitrogens with two attached hydrogens (primary N) is 1. The number of aromatic nitrogens is 1. The number of methoxy groups -OCH3 is 1. The molecule has 0 aliphatic carbocycles. The number of ether oxygens (including phenoxy) is 3. The van der Waals surface area contributed by atoms with Crippen molar-refractivity contribution < 1.29 is 32.6 Å². The van der Waals surface area contributed by atoms with Crippen molar-refractivity contribution in [2.24, 2.45) is 5.73 Å². The van der Waals surface area contributed by atoms with E-state index in [2.05, 4.69) is 15.0 Å². The first kappa shape index (κ1) is 24.2. The molecule has 0 aliphatic heterocycles. The fourth-order valence-electron chi connectivity index (χ4n) is 2.82. The Morgan fingerprint density at radius 3 is 2.55 bits per heavy atom. The Morgan fingerprint density at radius 2 is 1.94 bits per heavy atom. The molecule has 0 radical (unpaired) electrons. The molecule has 3 N–H and O–H groups in total. The quantitative estimate of drug-likeness (QED) is 0.450. The first-order valence-electron chi connectivity index (χ1n) is 9.30.